The monoisotopic (exact) mass is 507 g/mol. The first-order valence-corrected chi connectivity index (χ1v) is 13.0. The number of aryl methyl sites for hydroxylation is 2. The van der Waals surface area contributed by atoms with E-state index in [2.05, 4.69) is 55.7 Å². The van der Waals surface area contributed by atoms with Crippen molar-refractivity contribution in [2.45, 2.75) is 27.3 Å². The maximum Gasteiger partial charge on any atom is 0.267 e. The second-order valence-electron chi connectivity index (χ2n) is 9.08. The molecule has 1 saturated heterocycles. The Morgan fingerprint density at radius 3 is 2.30 bits per heavy atom. The molecule has 2 heterocycles. The summed E-state index contributed by atoms with van der Waals surface area (Å²) in [5.41, 5.74) is 7.41. The normalized spacial score (nSPS) is 15.7. The highest BCUT2D eigenvalue weighted by Crippen LogP contribution is 2.36. The van der Waals surface area contributed by atoms with Crippen LogP contribution in [0, 0.1) is 20.8 Å². The van der Waals surface area contributed by atoms with Crippen molar-refractivity contribution in [1.29, 1.82) is 0 Å². The molecular formula is C31H29N3O2S. The van der Waals surface area contributed by atoms with Gasteiger partial charge in [-0.1, -0.05) is 48.0 Å². The lowest BCUT2D eigenvalue weighted by molar-refractivity contribution is -0.122. The van der Waals surface area contributed by atoms with Gasteiger partial charge in [-0.3, -0.25) is 9.69 Å². The van der Waals surface area contributed by atoms with Crippen LogP contribution in [0.5, 0.6) is 5.75 Å². The fourth-order valence-electron chi connectivity index (χ4n) is 4.42. The number of hydrogen-bond acceptors (Lipinski definition) is 4. The zero-order valence-electron chi connectivity index (χ0n) is 21.4. The van der Waals surface area contributed by atoms with Crippen molar-refractivity contribution < 1.29 is 9.53 Å². The Morgan fingerprint density at radius 2 is 1.62 bits per heavy atom. The summed E-state index contributed by atoms with van der Waals surface area (Å²) in [5, 5.41) is 0.672. The maximum atomic E-state index is 13.7. The van der Waals surface area contributed by atoms with Gasteiger partial charge in [0.05, 0.1) is 24.2 Å². The third kappa shape index (κ3) is 5.25. The first-order chi connectivity index (χ1) is 17.9. The van der Waals surface area contributed by atoms with Gasteiger partial charge in [-0.25, -0.2) is 4.99 Å². The number of para-hydroxylation sites is 1. The number of ether oxygens (including phenoxy) is 1. The van der Waals surface area contributed by atoms with E-state index < -0.39 is 0 Å². The first-order valence-electron chi connectivity index (χ1n) is 12.2. The second kappa shape index (κ2) is 10.5. The predicted octanol–water partition coefficient (Wildman–Crippen LogP) is 7.22. The zero-order chi connectivity index (χ0) is 25.9. The number of rotatable bonds is 6. The van der Waals surface area contributed by atoms with Gasteiger partial charge in [0.1, 0.15) is 5.75 Å². The van der Waals surface area contributed by atoms with Crippen LogP contribution in [0.4, 0.5) is 5.69 Å². The molecule has 0 bridgehead atoms. The number of carbonyl (C=O) groups excluding carboxylic acids is 1. The van der Waals surface area contributed by atoms with Crippen LogP contribution in [0.3, 0.4) is 0 Å². The highest BCUT2D eigenvalue weighted by molar-refractivity contribution is 8.18. The largest absolute Gasteiger partial charge is 0.497 e. The number of amidine groups is 1. The quantitative estimate of drug-likeness (QED) is 0.259. The molecule has 37 heavy (non-hydrogen) atoms. The van der Waals surface area contributed by atoms with Gasteiger partial charge in [0.15, 0.2) is 5.17 Å². The van der Waals surface area contributed by atoms with Gasteiger partial charge in [-0.15, -0.1) is 0 Å². The number of methoxy groups -OCH3 is 1. The van der Waals surface area contributed by atoms with Crippen molar-refractivity contribution in [3.63, 3.8) is 0 Å². The van der Waals surface area contributed by atoms with E-state index in [0.29, 0.717) is 16.6 Å². The van der Waals surface area contributed by atoms with Crippen molar-refractivity contribution in [3.8, 4) is 11.4 Å². The van der Waals surface area contributed by atoms with Crippen LogP contribution in [-0.2, 0) is 11.3 Å². The number of aromatic nitrogens is 1. The van der Waals surface area contributed by atoms with Crippen LogP contribution in [0.15, 0.2) is 94.8 Å². The van der Waals surface area contributed by atoms with Crippen LogP contribution < -0.4 is 4.74 Å². The molecule has 0 saturated carbocycles. The van der Waals surface area contributed by atoms with Gasteiger partial charge in [0.2, 0.25) is 0 Å². The van der Waals surface area contributed by atoms with Gasteiger partial charge < -0.3 is 9.30 Å². The Balaban J connectivity index is 1.50. The van der Waals surface area contributed by atoms with Crippen LogP contribution in [0.2, 0.25) is 0 Å². The van der Waals surface area contributed by atoms with E-state index in [1.165, 1.54) is 17.3 Å². The molecule has 0 radical (unpaired) electrons. The lowest BCUT2D eigenvalue weighted by Crippen LogP contribution is -2.28. The minimum atomic E-state index is -0.0457. The summed E-state index contributed by atoms with van der Waals surface area (Å²) in [6, 6.07) is 28.2. The third-order valence-electron chi connectivity index (χ3n) is 6.42. The van der Waals surface area contributed by atoms with Crippen LogP contribution in [-0.4, -0.2) is 27.7 Å². The summed E-state index contributed by atoms with van der Waals surface area (Å²) in [6.45, 7) is 6.71. The Kier molecular flexibility index (Phi) is 7.01. The van der Waals surface area contributed by atoms with E-state index in [1.54, 1.807) is 12.0 Å². The Hall–Kier alpha value is -4.03. The zero-order valence-corrected chi connectivity index (χ0v) is 22.3. The highest BCUT2D eigenvalue weighted by atomic mass is 32.2. The Bertz CT molecular complexity index is 1480. The summed E-state index contributed by atoms with van der Waals surface area (Å²) < 4.78 is 7.51. The van der Waals surface area contributed by atoms with Crippen LogP contribution >= 0.6 is 11.8 Å². The molecule has 186 valence electrons. The van der Waals surface area contributed by atoms with Crippen molar-refractivity contribution in [1.82, 2.24) is 9.47 Å². The third-order valence-corrected chi connectivity index (χ3v) is 7.42. The second-order valence-corrected chi connectivity index (χ2v) is 10.1. The fourth-order valence-corrected chi connectivity index (χ4v) is 5.41. The van der Waals surface area contributed by atoms with Crippen molar-refractivity contribution in [2.75, 3.05) is 7.11 Å². The number of aliphatic imine (C=N–C) groups is 1. The molecule has 5 nitrogen and oxygen atoms in total. The van der Waals surface area contributed by atoms with E-state index in [9.17, 15) is 4.79 Å². The molecule has 0 spiro atoms. The minimum Gasteiger partial charge on any atom is -0.497 e. The van der Waals surface area contributed by atoms with E-state index in [-0.39, 0.29) is 5.91 Å². The van der Waals surface area contributed by atoms with E-state index in [0.717, 1.165) is 39.6 Å². The molecule has 1 aliphatic heterocycles. The lowest BCUT2D eigenvalue weighted by Gasteiger charge is -2.16. The molecule has 1 fully saturated rings. The van der Waals surface area contributed by atoms with Crippen molar-refractivity contribution >= 4 is 34.6 Å². The van der Waals surface area contributed by atoms with E-state index in [4.69, 9.17) is 9.73 Å². The minimum absolute atomic E-state index is 0.0457. The summed E-state index contributed by atoms with van der Waals surface area (Å²) in [5.74, 6) is 0.740. The maximum absolute atomic E-state index is 13.7. The van der Waals surface area contributed by atoms with E-state index >= 15 is 0 Å². The summed E-state index contributed by atoms with van der Waals surface area (Å²) in [7, 11) is 1.65. The number of thioether (sulfide) groups is 1. The molecule has 0 aliphatic carbocycles. The van der Waals surface area contributed by atoms with Gasteiger partial charge in [0, 0.05) is 17.1 Å². The Labute approximate surface area is 222 Å². The molecule has 6 heteroatoms. The average Bonchev–Trinajstić information content (AvgIpc) is 3.35. The summed E-state index contributed by atoms with van der Waals surface area (Å²) in [6.07, 6.45) is 1.99. The van der Waals surface area contributed by atoms with Gasteiger partial charge >= 0.3 is 0 Å². The summed E-state index contributed by atoms with van der Waals surface area (Å²) in [4.78, 5) is 20.9. The molecule has 3 aromatic carbocycles. The first kappa shape index (κ1) is 24.7. The number of carbonyl (C=O) groups is 1. The molecule has 4 aromatic rings. The topological polar surface area (TPSA) is 46.8 Å². The van der Waals surface area contributed by atoms with Gasteiger partial charge in [-0.05, 0) is 92.2 Å². The SMILES string of the molecule is COc1ccc(CN2C(=O)/C(=C\c3cc(C)n(-c4ccc(C)cc4)c3C)SC2=Nc2ccccc2)cc1. The van der Waals surface area contributed by atoms with Gasteiger partial charge in [-0.2, -0.15) is 0 Å². The molecule has 0 atom stereocenters. The lowest BCUT2D eigenvalue weighted by atomic mass is 10.2. The van der Waals surface area contributed by atoms with Crippen LogP contribution in [0.25, 0.3) is 11.8 Å². The number of benzene rings is 3. The number of hydrogen-bond donors (Lipinski definition) is 0. The van der Waals surface area contributed by atoms with E-state index in [1.807, 2.05) is 60.7 Å². The molecule has 0 unspecified atom stereocenters. The smallest absolute Gasteiger partial charge is 0.267 e. The Morgan fingerprint density at radius 1 is 0.919 bits per heavy atom. The molecule has 1 aliphatic rings. The highest BCUT2D eigenvalue weighted by Gasteiger charge is 2.34. The van der Waals surface area contributed by atoms with Gasteiger partial charge in [0.25, 0.3) is 5.91 Å². The number of nitrogens with zero attached hydrogens (tertiary/aromatic N) is 3. The fraction of sp³-hybridized carbons (Fsp3) is 0.161. The molecular weight excluding hydrogens is 478 g/mol. The average molecular weight is 508 g/mol. The van der Waals surface area contributed by atoms with Crippen molar-refractivity contribution in [2.24, 2.45) is 4.99 Å². The van der Waals surface area contributed by atoms with Crippen LogP contribution in [0.1, 0.15) is 28.1 Å². The molecule has 1 aromatic heterocycles. The molecule has 0 N–H and O–H groups in total. The number of amides is 1. The molecule has 1 amide bonds. The molecule has 5 rings (SSSR count). The summed E-state index contributed by atoms with van der Waals surface area (Å²) >= 11 is 1.42. The standard InChI is InChI=1S/C31H29N3O2S/c1-21-10-14-27(15-11-21)34-22(2)18-25(23(34)3)19-29-30(35)33(20-24-12-16-28(36-4)17-13-24)31(37-29)32-26-8-6-5-7-9-26/h5-19H,20H2,1-4H3/b29-19+,32-31?. The predicted molar refractivity (Wildman–Crippen MR) is 153 cm³/mol. The van der Waals surface area contributed by atoms with Crippen molar-refractivity contribution in [3.05, 3.63) is 118 Å².